The lowest BCUT2D eigenvalue weighted by molar-refractivity contribution is 0.102. The highest BCUT2D eigenvalue weighted by molar-refractivity contribution is 6.07. The Hall–Kier alpha value is -2.50. The normalized spacial score (nSPS) is 9.94. The second kappa shape index (κ2) is 4.56. The molecule has 0 aromatic carbocycles. The molecule has 1 amide bonds. The first-order chi connectivity index (χ1) is 8.18. The Kier molecular flexibility index (Phi) is 2.95. The van der Waals surface area contributed by atoms with Crippen molar-refractivity contribution in [3.05, 3.63) is 48.3 Å². The summed E-state index contributed by atoms with van der Waals surface area (Å²) in [5, 5.41) is 2.41. The number of rotatable bonds is 2. The Bertz CT molecular complexity index is 559. The minimum absolute atomic E-state index is 0.0567. The van der Waals surface area contributed by atoms with Gasteiger partial charge >= 0.3 is 0 Å². The fraction of sp³-hybridized carbons (Fsp3) is 0. The molecule has 0 saturated heterocycles. The van der Waals surface area contributed by atoms with Crippen LogP contribution in [-0.4, -0.2) is 15.9 Å². The summed E-state index contributed by atoms with van der Waals surface area (Å²) in [5.41, 5.74) is 6.12. The summed E-state index contributed by atoms with van der Waals surface area (Å²) >= 11 is 0. The van der Waals surface area contributed by atoms with E-state index in [1.807, 2.05) is 0 Å². The lowest BCUT2D eigenvalue weighted by Gasteiger charge is -2.07. The van der Waals surface area contributed by atoms with Gasteiger partial charge < -0.3 is 11.1 Å². The van der Waals surface area contributed by atoms with Crippen LogP contribution in [0.4, 0.5) is 15.8 Å². The molecule has 0 aliphatic carbocycles. The fourth-order valence-corrected chi connectivity index (χ4v) is 1.28. The number of carbonyl (C=O) groups excluding carboxylic acids is 1. The predicted molar refractivity (Wildman–Crippen MR) is 60.8 cm³/mol. The van der Waals surface area contributed by atoms with Gasteiger partial charge in [0, 0.05) is 12.4 Å². The molecule has 0 fully saturated rings. The molecule has 0 saturated carbocycles. The van der Waals surface area contributed by atoms with E-state index < -0.39 is 11.7 Å². The summed E-state index contributed by atoms with van der Waals surface area (Å²) in [6.07, 6.45) is 5.20. The van der Waals surface area contributed by atoms with Gasteiger partial charge in [-0.2, -0.15) is 0 Å². The molecule has 0 aliphatic heterocycles. The van der Waals surface area contributed by atoms with E-state index in [0.29, 0.717) is 0 Å². The number of nitrogens with zero attached hydrogens (tertiary/aromatic N) is 2. The molecule has 0 bridgehead atoms. The maximum atomic E-state index is 13.2. The summed E-state index contributed by atoms with van der Waals surface area (Å²) in [4.78, 5) is 19.1. The molecule has 2 heterocycles. The van der Waals surface area contributed by atoms with Crippen molar-refractivity contribution < 1.29 is 9.18 Å². The first-order valence-electron chi connectivity index (χ1n) is 4.79. The molecular weight excluding hydrogens is 223 g/mol. The van der Waals surface area contributed by atoms with Crippen LogP contribution in [0.25, 0.3) is 0 Å². The fourth-order valence-electron chi connectivity index (χ4n) is 1.28. The maximum Gasteiger partial charge on any atom is 0.257 e. The molecule has 0 atom stereocenters. The van der Waals surface area contributed by atoms with E-state index in [0.717, 1.165) is 6.20 Å². The molecule has 6 heteroatoms. The molecule has 0 unspecified atom stereocenters. The van der Waals surface area contributed by atoms with Crippen molar-refractivity contribution in [3.63, 3.8) is 0 Å². The number of anilines is 2. The summed E-state index contributed by atoms with van der Waals surface area (Å²) in [5.74, 6) is -1.09. The van der Waals surface area contributed by atoms with E-state index in [2.05, 4.69) is 15.3 Å². The van der Waals surface area contributed by atoms with Gasteiger partial charge in [-0.15, -0.1) is 0 Å². The van der Waals surface area contributed by atoms with Gasteiger partial charge in [0.25, 0.3) is 5.91 Å². The number of hydrogen-bond acceptors (Lipinski definition) is 4. The van der Waals surface area contributed by atoms with Gasteiger partial charge in [-0.05, 0) is 12.1 Å². The SMILES string of the molecule is Nc1cnccc1C(=O)Nc1ccncc1F. The molecular formula is C11H9FN4O. The van der Waals surface area contributed by atoms with Gasteiger partial charge in [0.05, 0.1) is 29.3 Å². The quantitative estimate of drug-likeness (QED) is 0.821. The van der Waals surface area contributed by atoms with Crippen LogP contribution in [0.15, 0.2) is 36.9 Å². The third kappa shape index (κ3) is 2.36. The maximum absolute atomic E-state index is 13.2. The van der Waals surface area contributed by atoms with Crippen LogP contribution in [0.1, 0.15) is 10.4 Å². The van der Waals surface area contributed by atoms with Gasteiger partial charge in [-0.3, -0.25) is 14.8 Å². The number of amides is 1. The molecule has 2 rings (SSSR count). The zero-order valence-electron chi connectivity index (χ0n) is 8.72. The Morgan fingerprint density at radius 3 is 2.65 bits per heavy atom. The van der Waals surface area contributed by atoms with Gasteiger partial charge in [0.2, 0.25) is 0 Å². The average molecular weight is 232 g/mol. The minimum atomic E-state index is -0.603. The van der Waals surface area contributed by atoms with E-state index in [9.17, 15) is 9.18 Å². The minimum Gasteiger partial charge on any atom is -0.397 e. The number of aromatic nitrogens is 2. The summed E-state index contributed by atoms with van der Waals surface area (Å²) in [7, 11) is 0. The van der Waals surface area contributed by atoms with Crippen molar-refractivity contribution in [2.45, 2.75) is 0 Å². The second-order valence-corrected chi connectivity index (χ2v) is 3.27. The number of hydrogen-bond donors (Lipinski definition) is 2. The zero-order chi connectivity index (χ0) is 12.3. The summed E-state index contributed by atoms with van der Waals surface area (Å²) in [6.45, 7) is 0. The van der Waals surface area contributed by atoms with E-state index in [1.165, 1.54) is 30.7 Å². The van der Waals surface area contributed by atoms with E-state index in [1.54, 1.807) is 0 Å². The van der Waals surface area contributed by atoms with Gasteiger partial charge in [-0.25, -0.2) is 4.39 Å². The first kappa shape index (κ1) is 11.0. The van der Waals surface area contributed by atoms with Crippen molar-refractivity contribution in [2.75, 3.05) is 11.1 Å². The van der Waals surface area contributed by atoms with Crippen molar-refractivity contribution in [3.8, 4) is 0 Å². The smallest absolute Gasteiger partial charge is 0.257 e. The summed E-state index contributed by atoms with van der Waals surface area (Å²) < 4.78 is 13.2. The molecule has 0 spiro atoms. The molecule has 2 aromatic heterocycles. The molecule has 0 aliphatic rings. The second-order valence-electron chi connectivity index (χ2n) is 3.27. The van der Waals surface area contributed by atoms with Crippen LogP contribution in [-0.2, 0) is 0 Å². The van der Waals surface area contributed by atoms with E-state index >= 15 is 0 Å². The number of nitrogens with two attached hydrogens (primary N) is 1. The molecule has 86 valence electrons. The largest absolute Gasteiger partial charge is 0.397 e. The third-order valence-electron chi connectivity index (χ3n) is 2.12. The molecule has 0 radical (unpaired) electrons. The highest BCUT2D eigenvalue weighted by Crippen LogP contribution is 2.15. The van der Waals surface area contributed by atoms with Gasteiger partial charge in [0.1, 0.15) is 0 Å². The number of halogens is 1. The molecule has 17 heavy (non-hydrogen) atoms. The Balaban J connectivity index is 2.24. The standard InChI is InChI=1S/C11H9FN4O/c12-8-5-14-4-2-10(8)16-11(17)7-1-3-15-6-9(7)13/h1-6H,13H2,(H,14,16,17). The van der Waals surface area contributed by atoms with E-state index in [-0.39, 0.29) is 16.9 Å². The van der Waals surface area contributed by atoms with Gasteiger partial charge in [-0.1, -0.05) is 0 Å². The topological polar surface area (TPSA) is 80.9 Å². The first-order valence-corrected chi connectivity index (χ1v) is 4.79. The lowest BCUT2D eigenvalue weighted by atomic mass is 10.2. The Morgan fingerprint density at radius 2 is 1.94 bits per heavy atom. The zero-order valence-corrected chi connectivity index (χ0v) is 8.72. The van der Waals surface area contributed by atoms with Crippen LogP contribution in [0, 0.1) is 5.82 Å². The van der Waals surface area contributed by atoms with Crippen LogP contribution in [0.5, 0.6) is 0 Å². The van der Waals surface area contributed by atoms with Gasteiger partial charge in [0.15, 0.2) is 5.82 Å². The number of nitrogen functional groups attached to an aromatic ring is 1. The summed E-state index contributed by atoms with van der Waals surface area (Å²) in [6, 6.07) is 2.83. The number of nitrogens with one attached hydrogen (secondary N) is 1. The van der Waals surface area contributed by atoms with Crippen LogP contribution in [0.3, 0.4) is 0 Å². The van der Waals surface area contributed by atoms with Crippen molar-refractivity contribution in [2.24, 2.45) is 0 Å². The molecule has 3 N–H and O–H groups in total. The third-order valence-corrected chi connectivity index (χ3v) is 2.12. The Labute approximate surface area is 96.5 Å². The highest BCUT2D eigenvalue weighted by Gasteiger charge is 2.11. The lowest BCUT2D eigenvalue weighted by Crippen LogP contribution is -2.15. The number of pyridine rings is 2. The van der Waals surface area contributed by atoms with Crippen molar-refractivity contribution >= 4 is 17.3 Å². The highest BCUT2D eigenvalue weighted by atomic mass is 19.1. The van der Waals surface area contributed by atoms with E-state index in [4.69, 9.17) is 5.73 Å². The van der Waals surface area contributed by atoms with Crippen LogP contribution < -0.4 is 11.1 Å². The average Bonchev–Trinajstić information content (AvgIpc) is 2.32. The monoisotopic (exact) mass is 232 g/mol. The Morgan fingerprint density at radius 1 is 1.24 bits per heavy atom. The van der Waals surface area contributed by atoms with Crippen LogP contribution >= 0.6 is 0 Å². The molecule has 2 aromatic rings. The molecule has 5 nitrogen and oxygen atoms in total. The number of carbonyl (C=O) groups is 1. The van der Waals surface area contributed by atoms with Crippen LogP contribution in [0.2, 0.25) is 0 Å². The van der Waals surface area contributed by atoms with Crippen molar-refractivity contribution in [1.29, 1.82) is 0 Å². The van der Waals surface area contributed by atoms with Crippen molar-refractivity contribution in [1.82, 2.24) is 9.97 Å². The predicted octanol–water partition coefficient (Wildman–Crippen LogP) is 1.45.